The van der Waals surface area contributed by atoms with Gasteiger partial charge in [0.1, 0.15) is 0 Å². The van der Waals surface area contributed by atoms with E-state index in [1.54, 1.807) is 0 Å². The number of carbonyl (C=O) groups is 1. The summed E-state index contributed by atoms with van der Waals surface area (Å²) in [7, 11) is 0. The number of anilines is 5. The zero-order chi connectivity index (χ0) is 13.5. The summed E-state index contributed by atoms with van der Waals surface area (Å²) in [6.07, 6.45) is 0. The van der Waals surface area contributed by atoms with Crippen LogP contribution in [0.15, 0.2) is 0 Å². The monoisotopic (exact) mass is 240 g/mol. The predicted molar refractivity (Wildman–Crippen MR) is 68.1 cm³/mol. The lowest BCUT2D eigenvalue weighted by Crippen LogP contribution is -2.64. The van der Waals surface area contributed by atoms with E-state index in [4.69, 9.17) is 45.9 Å². The summed E-state index contributed by atoms with van der Waals surface area (Å²) < 4.78 is 0. The Labute approximate surface area is 97.0 Å². The van der Waals surface area contributed by atoms with Crippen molar-refractivity contribution in [1.82, 2.24) is 0 Å². The van der Waals surface area contributed by atoms with Gasteiger partial charge in [0.05, 0.1) is 34.0 Å². The van der Waals surface area contributed by atoms with Crippen LogP contribution in [-0.2, 0) is 0 Å². The van der Waals surface area contributed by atoms with Crippen LogP contribution in [0.25, 0.3) is 0 Å². The van der Waals surface area contributed by atoms with Crippen molar-refractivity contribution in [2.75, 3.05) is 28.7 Å². The summed E-state index contributed by atoms with van der Waals surface area (Å²) in [5.74, 6) is -3.01. The molecule has 0 unspecified atom stereocenters. The molecule has 0 radical (unpaired) electrons. The largest absolute Gasteiger partial charge is 0.396 e. The number of hydrogen-bond acceptors (Lipinski definition) is 9. The van der Waals surface area contributed by atoms with Crippen molar-refractivity contribution in [2.45, 2.75) is 5.79 Å². The summed E-state index contributed by atoms with van der Waals surface area (Å²) in [4.78, 5) is 11.8. The van der Waals surface area contributed by atoms with Gasteiger partial charge in [0.2, 0.25) is 5.78 Å². The highest BCUT2D eigenvalue weighted by Crippen LogP contribution is 2.38. The average Bonchev–Trinajstić information content (AvgIpc) is 2.22. The highest BCUT2D eigenvalue weighted by molar-refractivity contribution is 6.16. The molecule has 17 heavy (non-hydrogen) atoms. The van der Waals surface area contributed by atoms with Gasteiger partial charge in [0.15, 0.2) is 5.79 Å². The Bertz CT molecular complexity index is 460. The first-order chi connectivity index (χ1) is 7.59. The van der Waals surface area contributed by atoms with E-state index in [0.717, 1.165) is 0 Å². The van der Waals surface area contributed by atoms with Crippen LogP contribution in [-0.4, -0.2) is 11.6 Å². The SMILES string of the molecule is Nc1c(N)c(N)c(C(=O)C(N)(N)N)c(N)c1N. The van der Waals surface area contributed by atoms with Crippen molar-refractivity contribution >= 4 is 34.2 Å². The van der Waals surface area contributed by atoms with Crippen LogP contribution >= 0.6 is 0 Å². The third-order valence-corrected chi connectivity index (χ3v) is 2.32. The predicted octanol–water partition coefficient (Wildman–Crippen LogP) is -2.69. The van der Waals surface area contributed by atoms with E-state index in [1.165, 1.54) is 0 Å². The van der Waals surface area contributed by atoms with Crippen LogP contribution < -0.4 is 45.9 Å². The molecule has 9 nitrogen and oxygen atoms in total. The number of carbonyl (C=O) groups excluding carboxylic acids is 1. The van der Waals surface area contributed by atoms with Gasteiger partial charge in [-0.2, -0.15) is 0 Å². The molecular formula is C8H16N8O. The van der Waals surface area contributed by atoms with Gasteiger partial charge in [-0.3, -0.25) is 22.0 Å². The number of ketones is 1. The molecule has 0 bridgehead atoms. The average molecular weight is 240 g/mol. The summed E-state index contributed by atoms with van der Waals surface area (Å²) in [6, 6.07) is 0. The summed E-state index contributed by atoms with van der Waals surface area (Å²) >= 11 is 0. The first kappa shape index (κ1) is 12.8. The molecule has 0 aliphatic carbocycles. The quantitative estimate of drug-likeness (QED) is 0.153. The van der Waals surface area contributed by atoms with Crippen LogP contribution in [0.4, 0.5) is 28.4 Å². The lowest BCUT2D eigenvalue weighted by atomic mass is 9.98. The lowest BCUT2D eigenvalue weighted by Gasteiger charge is -2.21. The maximum absolute atomic E-state index is 11.8. The molecule has 1 aromatic carbocycles. The molecule has 0 fully saturated rings. The second-order valence-corrected chi connectivity index (χ2v) is 3.71. The minimum atomic E-state index is -2.13. The standard InChI is InChI=1S/C8H16N8O/c9-2-1(7(17)8(14,15)16)3(10)5(12)6(13)4(2)11/h9-16H2. The minimum Gasteiger partial charge on any atom is -0.396 e. The molecular weight excluding hydrogens is 224 g/mol. The molecule has 0 saturated carbocycles. The van der Waals surface area contributed by atoms with Gasteiger partial charge in [0.25, 0.3) is 0 Å². The molecule has 0 aromatic heterocycles. The number of benzene rings is 1. The third-order valence-electron chi connectivity index (χ3n) is 2.32. The Balaban J connectivity index is 3.62. The van der Waals surface area contributed by atoms with E-state index in [1.807, 2.05) is 0 Å². The molecule has 16 N–H and O–H groups in total. The van der Waals surface area contributed by atoms with Crippen molar-refractivity contribution in [3.8, 4) is 0 Å². The molecule has 0 aliphatic heterocycles. The van der Waals surface area contributed by atoms with E-state index in [2.05, 4.69) is 0 Å². The molecule has 0 saturated heterocycles. The first-order valence-electron chi connectivity index (χ1n) is 4.51. The number of rotatable bonds is 2. The van der Waals surface area contributed by atoms with Gasteiger partial charge in [-0.1, -0.05) is 0 Å². The van der Waals surface area contributed by atoms with Crippen molar-refractivity contribution < 1.29 is 4.79 Å². The van der Waals surface area contributed by atoms with E-state index in [-0.39, 0.29) is 34.0 Å². The Morgan fingerprint density at radius 1 is 0.706 bits per heavy atom. The van der Waals surface area contributed by atoms with Crippen molar-refractivity contribution in [2.24, 2.45) is 17.2 Å². The molecule has 0 aliphatic rings. The number of nitrogens with two attached hydrogens (primary N) is 8. The van der Waals surface area contributed by atoms with E-state index < -0.39 is 11.6 Å². The second kappa shape index (κ2) is 3.66. The third kappa shape index (κ3) is 1.89. The second-order valence-electron chi connectivity index (χ2n) is 3.71. The molecule has 1 aromatic rings. The van der Waals surface area contributed by atoms with Crippen LogP contribution in [0.5, 0.6) is 0 Å². The van der Waals surface area contributed by atoms with E-state index in [9.17, 15) is 4.79 Å². The van der Waals surface area contributed by atoms with Crippen molar-refractivity contribution in [3.63, 3.8) is 0 Å². The number of hydrogen-bond donors (Lipinski definition) is 8. The maximum atomic E-state index is 11.8. The minimum absolute atomic E-state index is 0.00628. The normalized spacial score (nSPS) is 11.5. The Kier molecular flexibility index (Phi) is 2.76. The summed E-state index contributed by atoms with van der Waals surface area (Å²) in [5, 5.41) is 0. The van der Waals surface area contributed by atoms with Gasteiger partial charge in [0, 0.05) is 0 Å². The smallest absolute Gasteiger partial charge is 0.216 e. The summed E-state index contributed by atoms with van der Waals surface area (Å²) in [6.45, 7) is 0. The van der Waals surface area contributed by atoms with Gasteiger partial charge < -0.3 is 28.7 Å². The summed E-state index contributed by atoms with van der Waals surface area (Å²) in [5.41, 5.74) is 43.1. The topological polar surface area (TPSA) is 225 Å². The van der Waals surface area contributed by atoms with Gasteiger partial charge in [-0.15, -0.1) is 0 Å². The van der Waals surface area contributed by atoms with Gasteiger partial charge in [-0.05, 0) is 0 Å². The van der Waals surface area contributed by atoms with Gasteiger partial charge in [-0.25, -0.2) is 0 Å². The molecule has 0 spiro atoms. The first-order valence-corrected chi connectivity index (χ1v) is 4.51. The fourth-order valence-electron chi connectivity index (χ4n) is 1.31. The Morgan fingerprint density at radius 2 is 1.00 bits per heavy atom. The van der Waals surface area contributed by atoms with E-state index >= 15 is 0 Å². The van der Waals surface area contributed by atoms with Crippen LogP contribution in [0.3, 0.4) is 0 Å². The van der Waals surface area contributed by atoms with Crippen LogP contribution in [0, 0.1) is 0 Å². The molecule has 94 valence electrons. The molecule has 9 heteroatoms. The Morgan fingerprint density at radius 3 is 1.29 bits per heavy atom. The fourth-order valence-corrected chi connectivity index (χ4v) is 1.31. The zero-order valence-corrected chi connectivity index (χ0v) is 9.03. The lowest BCUT2D eigenvalue weighted by molar-refractivity contribution is 0.0898. The van der Waals surface area contributed by atoms with E-state index in [0.29, 0.717) is 0 Å². The number of nitrogen functional groups attached to an aromatic ring is 5. The number of Topliss-reactive ketones (excluding diaryl/α,β-unsaturated/α-hetero) is 1. The highest BCUT2D eigenvalue weighted by Gasteiger charge is 2.31. The Hall–Kier alpha value is -2.23. The highest BCUT2D eigenvalue weighted by atomic mass is 16.1. The fraction of sp³-hybridized carbons (Fsp3) is 0.125. The van der Waals surface area contributed by atoms with Crippen LogP contribution in [0.1, 0.15) is 10.4 Å². The molecule has 0 atom stereocenters. The van der Waals surface area contributed by atoms with Crippen LogP contribution in [0.2, 0.25) is 0 Å². The van der Waals surface area contributed by atoms with Gasteiger partial charge >= 0.3 is 0 Å². The maximum Gasteiger partial charge on any atom is 0.216 e. The molecule has 0 amide bonds. The van der Waals surface area contributed by atoms with Crippen molar-refractivity contribution in [1.29, 1.82) is 0 Å². The molecule has 1 rings (SSSR count). The zero-order valence-electron chi connectivity index (χ0n) is 9.03. The molecule has 0 heterocycles. The van der Waals surface area contributed by atoms with Crippen molar-refractivity contribution in [3.05, 3.63) is 5.56 Å².